The largest absolute Gasteiger partial charge is 0.467 e. The van der Waals surface area contributed by atoms with Crippen molar-refractivity contribution in [1.29, 1.82) is 0 Å². The van der Waals surface area contributed by atoms with Crippen LogP contribution < -0.4 is 5.32 Å². The van der Waals surface area contributed by atoms with Crippen LogP contribution in [0.15, 0.2) is 53.1 Å². The molecule has 20 heavy (non-hydrogen) atoms. The Morgan fingerprint density at radius 1 is 1.20 bits per heavy atom. The molecule has 1 fully saturated rings. The summed E-state index contributed by atoms with van der Waals surface area (Å²) in [5.74, 6) is 2.29. The standard InChI is InChI=1S/C17H21NOS/c1-13-15(9-6-12-20-13)18-17(16-10-5-11-19-16)14-7-3-2-4-8-14/h2-5,7-8,10-11,13,15,17-18H,6,9,12H2,1H3. The van der Waals surface area contributed by atoms with Crippen molar-refractivity contribution in [3.8, 4) is 0 Å². The number of furan rings is 1. The fourth-order valence-electron chi connectivity index (χ4n) is 2.80. The molecule has 1 aliphatic heterocycles. The predicted octanol–water partition coefficient (Wildman–Crippen LogP) is 4.24. The molecule has 1 aromatic carbocycles. The number of nitrogens with one attached hydrogen (secondary N) is 1. The van der Waals surface area contributed by atoms with E-state index in [0.29, 0.717) is 11.3 Å². The quantitative estimate of drug-likeness (QED) is 0.910. The molecule has 0 bridgehead atoms. The van der Waals surface area contributed by atoms with Crippen LogP contribution in [0.5, 0.6) is 0 Å². The molecule has 2 heterocycles. The van der Waals surface area contributed by atoms with E-state index < -0.39 is 0 Å². The average molecular weight is 287 g/mol. The van der Waals surface area contributed by atoms with Gasteiger partial charge in [-0.15, -0.1) is 0 Å². The topological polar surface area (TPSA) is 25.2 Å². The van der Waals surface area contributed by atoms with Crippen LogP contribution in [0.25, 0.3) is 0 Å². The third kappa shape index (κ3) is 3.10. The summed E-state index contributed by atoms with van der Waals surface area (Å²) < 4.78 is 5.66. The van der Waals surface area contributed by atoms with E-state index in [1.165, 1.54) is 24.2 Å². The molecule has 0 aliphatic carbocycles. The third-order valence-electron chi connectivity index (χ3n) is 3.95. The monoisotopic (exact) mass is 287 g/mol. The lowest BCUT2D eigenvalue weighted by atomic mass is 10.0. The fourth-order valence-corrected chi connectivity index (χ4v) is 3.95. The second-order valence-electron chi connectivity index (χ2n) is 5.35. The van der Waals surface area contributed by atoms with E-state index in [4.69, 9.17) is 4.42 Å². The van der Waals surface area contributed by atoms with E-state index in [0.717, 1.165) is 5.76 Å². The van der Waals surface area contributed by atoms with Crippen LogP contribution in [-0.4, -0.2) is 17.0 Å². The molecule has 1 saturated heterocycles. The van der Waals surface area contributed by atoms with Gasteiger partial charge in [-0.1, -0.05) is 37.3 Å². The van der Waals surface area contributed by atoms with E-state index >= 15 is 0 Å². The highest BCUT2D eigenvalue weighted by molar-refractivity contribution is 7.99. The SMILES string of the molecule is CC1SCCCC1NC(c1ccccc1)c1ccco1. The van der Waals surface area contributed by atoms with Gasteiger partial charge in [0.2, 0.25) is 0 Å². The minimum atomic E-state index is 0.150. The summed E-state index contributed by atoms with van der Waals surface area (Å²) in [5, 5.41) is 4.47. The molecule has 3 atom stereocenters. The summed E-state index contributed by atoms with van der Waals surface area (Å²) >= 11 is 2.07. The van der Waals surface area contributed by atoms with Crippen molar-refractivity contribution in [1.82, 2.24) is 5.32 Å². The molecule has 1 aliphatic rings. The fraction of sp³-hybridized carbons (Fsp3) is 0.412. The Labute approximate surface area is 125 Å². The Morgan fingerprint density at radius 3 is 2.75 bits per heavy atom. The van der Waals surface area contributed by atoms with Crippen molar-refractivity contribution in [2.45, 2.75) is 37.1 Å². The summed E-state index contributed by atoms with van der Waals surface area (Å²) in [6, 6.07) is 15.3. The maximum atomic E-state index is 5.66. The van der Waals surface area contributed by atoms with Crippen LogP contribution in [0.1, 0.15) is 37.1 Å². The molecule has 0 amide bonds. The molecule has 0 radical (unpaired) electrons. The third-order valence-corrected chi connectivity index (χ3v) is 5.33. The molecule has 106 valence electrons. The first-order valence-electron chi connectivity index (χ1n) is 7.30. The van der Waals surface area contributed by atoms with Crippen molar-refractivity contribution in [3.63, 3.8) is 0 Å². The molecule has 2 aromatic rings. The Balaban J connectivity index is 1.83. The zero-order valence-electron chi connectivity index (χ0n) is 11.8. The molecular formula is C17H21NOS. The molecule has 3 rings (SSSR count). The lowest BCUT2D eigenvalue weighted by molar-refractivity contribution is 0.382. The highest BCUT2D eigenvalue weighted by Crippen LogP contribution is 2.29. The van der Waals surface area contributed by atoms with Crippen molar-refractivity contribution < 1.29 is 4.42 Å². The molecule has 3 heteroatoms. The summed E-state index contributed by atoms with van der Waals surface area (Å²) in [6.45, 7) is 2.33. The lowest BCUT2D eigenvalue weighted by Gasteiger charge is -2.32. The molecule has 2 nitrogen and oxygen atoms in total. The van der Waals surface area contributed by atoms with Gasteiger partial charge in [0.15, 0.2) is 0 Å². The Kier molecular flexibility index (Phi) is 4.48. The van der Waals surface area contributed by atoms with E-state index in [9.17, 15) is 0 Å². The number of hydrogen-bond acceptors (Lipinski definition) is 3. The second-order valence-corrected chi connectivity index (χ2v) is 6.84. The normalized spacial score (nSPS) is 24.4. The number of rotatable bonds is 4. The zero-order valence-corrected chi connectivity index (χ0v) is 12.6. The molecule has 1 aromatic heterocycles. The van der Waals surface area contributed by atoms with Crippen LogP contribution in [-0.2, 0) is 0 Å². The first-order chi connectivity index (χ1) is 9.84. The van der Waals surface area contributed by atoms with E-state index in [-0.39, 0.29) is 6.04 Å². The molecule has 3 unspecified atom stereocenters. The minimum Gasteiger partial charge on any atom is -0.467 e. The van der Waals surface area contributed by atoms with Crippen LogP contribution in [0.3, 0.4) is 0 Å². The molecule has 0 saturated carbocycles. The van der Waals surface area contributed by atoms with Gasteiger partial charge in [-0.2, -0.15) is 11.8 Å². The molecule has 1 N–H and O–H groups in total. The van der Waals surface area contributed by atoms with Crippen LogP contribution in [0.2, 0.25) is 0 Å². The van der Waals surface area contributed by atoms with Gasteiger partial charge in [0.25, 0.3) is 0 Å². The lowest BCUT2D eigenvalue weighted by Crippen LogP contribution is -2.41. The van der Waals surface area contributed by atoms with E-state index in [2.05, 4.69) is 60.4 Å². The van der Waals surface area contributed by atoms with Gasteiger partial charge in [0.05, 0.1) is 12.3 Å². The Bertz CT molecular complexity index is 511. The van der Waals surface area contributed by atoms with E-state index in [1.807, 2.05) is 6.07 Å². The van der Waals surface area contributed by atoms with Gasteiger partial charge in [0, 0.05) is 11.3 Å². The van der Waals surface area contributed by atoms with Crippen LogP contribution >= 0.6 is 11.8 Å². The number of hydrogen-bond donors (Lipinski definition) is 1. The van der Waals surface area contributed by atoms with Crippen LogP contribution in [0, 0.1) is 0 Å². The highest BCUT2D eigenvalue weighted by atomic mass is 32.2. The maximum absolute atomic E-state index is 5.66. The number of thioether (sulfide) groups is 1. The van der Waals surface area contributed by atoms with Crippen molar-refractivity contribution in [2.24, 2.45) is 0 Å². The van der Waals surface area contributed by atoms with Gasteiger partial charge in [-0.3, -0.25) is 5.32 Å². The van der Waals surface area contributed by atoms with Gasteiger partial charge in [-0.25, -0.2) is 0 Å². The van der Waals surface area contributed by atoms with Crippen LogP contribution in [0.4, 0.5) is 0 Å². The molecular weight excluding hydrogens is 266 g/mol. The van der Waals surface area contributed by atoms with Gasteiger partial charge >= 0.3 is 0 Å². The van der Waals surface area contributed by atoms with Gasteiger partial charge in [0.1, 0.15) is 5.76 Å². The summed E-state index contributed by atoms with van der Waals surface area (Å²) in [7, 11) is 0. The van der Waals surface area contributed by atoms with Gasteiger partial charge in [-0.05, 0) is 36.3 Å². The molecule has 0 spiro atoms. The predicted molar refractivity (Wildman–Crippen MR) is 85.1 cm³/mol. The summed E-state index contributed by atoms with van der Waals surface area (Å²) in [5.41, 5.74) is 1.27. The highest BCUT2D eigenvalue weighted by Gasteiger charge is 2.26. The summed E-state index contributed by atoms with van der Waals surface area (Å²) in [4.78, 5) is 0. The van der Waals surface area contributed by atoms with E-state index in [1.54, 1.807) is 6.26 Å². The smallest absolute Gasteiger partial charge is 0.125 e. The van der Waals surface area contributed by atoms with Crippen molar-refractivity contribution in [2.75, 3.05) is 5.75 Å². The number of benzene rings is 1. The summed E-state index contributed by atoms with van der Waals surface area (Å²) in [6.07, 6.45) is 4.30. The first kappa shape index (κ1) is 13.8. The second kappa shape index (κ2) is 6.51. The average Bonchev–Trinajstić information content (AvgIpc) is 3.01. The van der Waals surface area contributed by atoms with Gasteiger partial charge < -0.3 is 4.42 Å². The minimum absolute atomic E-state index is 0.150. The maximum Gasteiger partial charge on any atom is 0.125 e. The zero-order chi connectivity index (χ0) is 13.8. The Morgan fingerprint density at radius 2 is 2.05 bits per heavy atom. The first-order valence-corrected chi connectivity index (χ1v) is 8.35. The Hall–Kier alpha value is -1.19. The van der Waals surface area contributed by atoms with Crippen molar-refractivity contribution in [3.05, 3.63) is 60.1 Å². The van der Waals surface area contributed by atoms with Crippen molar-refractivity contribution >= 4 is 11.8 Å².